The Morgan fingerprint density at radius 1 is 1.00 bits per heavy atom. The highest BCUT2D eigenvalue weighted by Gasteiger charge is 2.16. The largest absolute Gasteiger partial charge is 0.369 e. The summed E-state index contributed by atoms with van der Waals surface area (Å²) in [4.78, 5) is 18.7. The van der Waals surface area contributed by atoms with E-state index in [1.165, 1.54) is 0 Å². The van der Waals surface area contributed by atoms with Gasteiger partial charge in [-0.2, -0.15) is 0 Å². The van der Waals surface area contributed by atoms with Gasteiger partial charge in [0.15, 0.2) is 0 Å². The van der Waals surface area contributed by atoms with Gasteiger partial charge in [0.25, 0.3) is 5.91 Å². The summed E-state index contributed by atoms with van der Waals surface area (Å²) in [5, 5.41) is 6.06. The zero-order chi connectivity index (χ0) is 22.4. The van der Waals surface area contributed by atoms with Crippen molar-refractivity contribution in [3.63, 3.8) is 0 Å². The number of carbonyl (C=O) groups is 1. The summed E-state index contributed by atoms with van der Waals surface area (Å²) in [5.41, 5.74) is 2.86. The lowest BCUT2D eigenvalue weighted by atomic mass is 10.1. The molecule has 166 valence electrons. The minimum atomic E-state index is -3.64. The first kappa shape index (κ1) is 21.9. The summed E-state index contributed by atoms with van der Waals surface area (Å²) in [5.74, 6) is -0.255. The predicted molar refractivity (Wildman–Crippen MR) is 124 cm³/mol. The molecule has 9 heteroatoms. The van der Waals surface area contributed by atoms with Gasteiger partial charge < -0.3 is 15.5 Å². The number of benzene rings is 2. The number of piperazine rings is 1. The summed E-state index contributed by atoms with van der Waals surface area (Å²) in [6.07, 6.45) is 3.20. The van der Waals surface area contributed by atoms with Crippen LogP contribution in [0.4, 0.5) is 11.4 Å². The van der Waals surface area contributed by atoms with Gasteiger partial charge >= 0.3 is 0 Å². The lowest BCUT2D eigenvalue weighted by Crippen LogP contribution is -2.43. The number of aromatic nitrogens is 1. The number of rotatable bonds is 7. The third-order valence-corrected chi connectivity index (χ3v) is 6.65. The molecule has 2 heterocycles. The fourth-order valence-electron chi connectivity index (χ4n) is 3.43. The van der Waals surface area contributed by atoms with Crippen molar-refractivity contribution >= 4 is 27.3 Å². The molecule has 1 aromatic heterocycles. The Bertz CT molecular complexity index is 1140. The Morgan fingerprint density at radius 3 is 2.38 bits per heavy atom. The highest BCUT2D eigenvalue weighted by Crippen LogP contribution is 2.19. The van der Waals surface area contributed by atoms with Gasteiger partial charge in [-0.05, 0) is 54.1 Å². The molecule has 0 bridgehead atoms. The number of carbonyl (C=O) groups excluding carboxylic acids is 1. The van der Waals surface area contributed by atoms with Crippen molar-refractivity contribution in [3.8, 4) is 0 Å². The molecule has 1 saturated heterocycles. The van der Waals surface area contributed by atoms with E-state index in [0.717, 1.165) is 37.4 Å². The van der Waals surface area contributed by atoms with E-state index in [9.17, 15) is 13.2 Å². The third-order valence-electron chi connectivity index (χ3n) is 5.23. The fraction of sp³-hybridized carbons (Fsp3) is 0.217. The summed E-state index contributed by atoms with van der Waals surface area (Å²) < 4.78 is 28.0. The van der Waals surface area contributed by atoms with Crippen molar-refractivity contribution in [3.05, 3.63) is 84.2 Å². The van der Waals surface area contributed by atoms with Crippen LogP contribution in [-0.4, -0.2) is 45.5 Å². The SMILES string of the molecule is O=C(Nc1cccnc1)c1ccc(CNS(=O)(=O)c2ccc(N3CCNCC3)cc2)cc1. The molecule has 0 atom stereocenters. The van der Waals surface area contributed by atoms with E-state index in [4.69, 9.17) is 0 Å². The van der Waals surface area contributed by atoms with Crippen LogP contribution in [0.3, 0.4) is 0 Å². The highest BCUT2D eigenvalue weighted by atomic mass is 32.2. The molecular weight excluding hydrogens is 426 g/mol. The second-order valence-electron chi connectivity index (χ2n) is 7.45. The maximum atomic E-state index is 12.7. The molecule has 2 aromatic carbocycles. The number of pyridine rings is 1. The van der Waals surface area contributed by atoms with Crippen LogP contribution in [0.5, 0.6) is 0 Å². The van der Waals surface area contributed by atoms with Crippen LogP contribution < -0.4 is 20.3 Å². The van der Waals surface area contributed by atoms with E-state index in [2.05, 4.69) is 25.2 Å². The number of anilines is 2. The smallest absolute Gasteiger partial charge is 0.255 e. The first-order valence-corrected chi connectivity index (χ1v) is 11.9. The molecule has 3 aromatic rings. The van der Waals surface area contributed by atoms with Crippen LogP contribution in [0.15, 0.2) is 78.0 Å². The Kier molecular flexibility index (Phi) is 6.79. The van der Waals surface area contributed by atoms with Gasteiger partial charge in [-0.3, -0.25) is 9.78 Å². The van der Waals surface area contributed by atoms with Crippen LogP contribution in [0, 0.1) is 0 Å². The van der Waals surface area contributed by atoms with E-state index < -0.39 is 10.0 Å². The zero-order valence-electron chi connectivity index (χ0n) is 17.5. The molecule has 8 nitrogen and oxygen atoms in total. The van der Waals surface area contributed by atoms with Crippen LogP contribution >= 0.6 is 0 Å². The minimum absolute atomic E-state index is 0.131. The molecule has 1 amide bonds. The van der Waals surface area contributed by atoms with E-state index in [-0.39, 0.29) is 17.3 Å². The average Bonchev–Trinajstić information content (AvgIpc) is 2.84. The zero-order valence-corrected chi connectivity index (χ0v) is 18.3. The lowest BCUT2D eigenvalue weighted by molar-refractivity contribution is 0.102. The van der Waals surface area contributed by atoms with Crippen LogP contribution in [0.25, 0.3) is 0 Å². The maximum absolute atomic E-state index is 12.7. The van der Waals surface area contributed by atoms with E-state index in [0.29, 0.717) is 11.3 Å². The molecule has 1 aliphatic rings. The van der Waals surface area contributed by atoms with Gasteiger partial charge in [0, 0.05) is 50.2 Å². The molecule has 4 rings (SSSR count). The Hall–Kier alpha value is -3.27. The maximum Gasteiger partial charge on any atom is 0.255 e. The topological polar surface area (TPSA) is 103 Å². The third kappa shape index (κ3) is 5.50. The normalized spacial score (nSPS) is 14.2. The van der Waals surface area contributed by atoms with Gasteiger partial charge in [0.2, 0.25) is 10.0 Å². The number of hydrogen-bond donors (Lipinski definition) is 3. The number of nitrogens with zero attached hydrogens (tertiary/aromatic N) is 2. The van der Waals surface area contributed by atoms with Crippen molar-refractivity contribution in [1.82, 2.24) is 15.0 Å². The molecule has 0 spiro atoms. The quantitative estimate of drug-likeness (QED) is 0.509. The second kappa shape index (κ2) is 9.90. The molecule has 32 heavy (non-hydrogen) atoms. The van der Waals surface area contributed by atoms with Crippen molar-refractivity contribution in [2.45, 2.75) is 11.4 Å². The molecule has 0 aliphatic carbocycles. The van der Waals surface area contributed by atoms with Gasteiger partial charge in [-0.15, -0.1) is 0 Å². The van der Waals surface area contributed by atoms with E-state index in [1.807, 2.05) is 12.1 Å². The van der Waals surface area contributed by atoms with Gasteiger partial charge in [0.1, 0.15) is 0 Å². The number of sulfonamides is 1. The van der Waals surface area contributed by atoms with Crippen LogP contribution in [0.2, 0.25) is 0 Å². The Morgan fingerprint density at radius 2 is 1.72 bits per heavy atom. The van der Waals surface area contributed by atoms with Crippen LogP contribution in [0.1, 0.15) is 15.9 Å². The first-order valence-electron chi connectivity index (χ1n) is 10.4. The van der Waals surface area contributed by atoms with E-state index in [1.54, 1.807) is 60.9 Å². The second-order valence-corrected chi connectivity index (χ2v) is 9.22. The Balaban J connectivity index is 1.34. The first-order chi connectivity index (χ1) is 15.5. The highest BCUT2D eigenvalue weighted by molar-refractivity contribution is 7.89. The minimum Gasteiger partial charge on any atom is -0.369 e. The van der Waals surface area contributed by atoms with Crippen molar-refractivity contribution in [2.24, 2.45) is 0 Å². The van der Waals surface area contributed by atoms with Gasteiger partial charge in [-0.25, -0.2) is 13.1 Å². The van der Waals surface area contributed by atoms with Crippen molar-refractivity contribution in [1.29, 1.82) is 0 Å². The lowest BCUT2D eigenvalue weighted by Gasteiger charge is -2.29. The van der Waals surface area contributed by atoms with Crippen LogP contribution in [-0.2, 0) is 16.6 Å². The molecular formula is C23H25N5O3S. The monoisotopic (exact) mass is 451 g/mol. The van der Waals surface area contributed by atoms with Gasteiger partial charge in [-0.1, -0.05) is 12.1 Å². The van der Waals surface area contributed by atoms with Gasteiger partial charge in [0.05, 0.1) is 16.8 Å². The predicted octanol–water partition coefficient (Wildman–Crippen LogP) is 2.22. The number of hydrogen-bond acceptors (Lipinski definition) is 6. The van der Waals surface area contributed by atoms with Crippen molar-refractivity contribution < 1.29 is 13.2 Å². The standard InChI is InChI=1S/C23H25N5O3S/c29-23(27-20-2-1-11-25-17-20)19-5-3-18(4-6-19)16-26-32(30,31)22-9-7-21(8-10-22)28-14-12-24-13-15-28/h1-11,17,24,26H,12-16H2,(H,27,29). The summed E-state index contributed by atoms with van der Waals surface area (Å²) in [7, 11) is -3.64. The molecule has 0 unspecified atom stereocenters. The molecule has 3 N–H and O–H groups in total. The Labute approximate surface area is 187 Å². The number of amides is 1. The fourth-order valence-corrected chi connectivity index (χ4v) is 4.45. The van der Waals surface area contributed by atoms with E-state index >= 15 is 0 Å². The molecule has 0 radical (unpaired) electrons. The average molecular weight is 452 g/mol. The van der Waals surface area contributed by atoms with Crippen molar-refractivity contribution in [2.75, 3.05) is 36.4 Å². The summed E-state index contributed by atoms with van der Waals surface area (Å²) in [6.45, 7) is 3.78. The number of nitrogens with one attached hydrogen (secondary N) is 3. The summed E-state index contributed by atoms with van der Waals surface area (Å²) in [6, 6.07) is 17.2. The summed E-state index contributed by atoms with van der Waals surface area (Å²) >= 11 is 0. The molecule has 1 fully saturated rings. The molecule has 0 saturated carbocycles. The molecule has 1 aliphatic heterocycles.